The molecule has 0 heterocycles. The highest BCUT2D eigenvalue weighted by Gasteiger charge is 2.25. The molecule has 0 amide bonds. The number of aliphatic hydroxyl groups is 1. The van der Waals surface area contributed by atoms with E-state index in [2.05, 4.69) is 0 Å². The van der Waals surface area contributed by atoms with Crippen LogP contribution in [0.4, 0.5) is 5.69 Å². The zero-order valence-electron chi connectivity index (χ0n) is 11.1. The Morgan fingerprint density at radius 1 is 1.37 bits per heavy atom. The fourth-order valence-corrected chi connectivity index (χ4v) is 1.87. The van der Waals surface area contributed by atoms with Gasteiger partial charge in [0.2, 0.25) is 0 Å². The summed E-state index contributed by atoms with van der Waals surface area (Å²) in [6.45, 7) is 4.05. The van der Waals surface area contributed by atoms with Crippen molar-refractivity contribution in [2.45, 2.75) is 38.8 Å². The van der Waals surface area contributed by atoms with Gasteiger partial charge in [0.25, 0.3) is 5.69 Å². The van der Waals surface area contributed by atoms with E-state index in [0.717, 1.165) is 6.42 Å². The van der Waals surface area contributed by atoms with Crippen molar-refractivity contribution < 1.29 is 15.1 Å². The average Bonchev–Trinajstić information content (AvgIpc) is 2.34. The largest absolute Gasteiger partial charge is 0.508 e. The number of aliphatic hydroxyl groups excluding tert-OH is 1. The molecule has 0 fully saturated rings. The van der Waals surface area contributed by atoms with Crippen LogP contribution < -0.4 is 5.73 Å². The fourth-order valence-electron chi connectivity index (χ4n) is 1.87. The number of nitrogens with two attached hydrogens (primary N) is 1. The first-order valence-corrected chi connectivity index (χ1v) is 6.24. The van der Waals surface area contributed by atoms with Crippen LogP contribution in [0.5, 0.6) is 5.75 Å². The van der Waals surface area contributed by atoms with Gasteiger partial charge in [-0.15, -0.1) is 0 Å². The Bertz CT molecular complexity index is 448. The van der Waals surface area contributed by atoms with Crippen LogP contribution in [-0.2, 0) is 0 Å². The van der Waals surface area contributed by atoms with Crippen molar-refractivity contribution in [1.29, 1.82) is 0 Å². The molecule has 0 bridgehead atoms. The topological polar surface area (TPSA) is 110 Å². The molecule has 0 aromatic heterocycles. The molecule has 0 radical (unpaired) electrons. The number of nitro groups is 1. The van der Waals surface area contributed by atoms with Crippen molar-refractivity contribution in [3.63, 3.8) is 0 Å². The maximum atomic E-state index is 10.9. The van der Waals surface area contributed by atoms with Gasteiger partial charge in [0, 0.05) is 6.07 Å². The van der Waals surface area contributed by atoms with Crippen molar-refractivity contribution in [2.24, 2.45) is 11.7 Å². The molecule has 19 heavy (non-hydrogen) atoms. The van der Waals surface area contributed by atoms with Gasteiger partial charge in [-0.25, -0.2) is 0 Å². The SMILES string of the molecule is CC(C)CC[C@H](O)[C@H](N)c1cc(O)ccc1[N+](=O)[O-]. The minimum Gasteiger partial charge on any atom is -0.508 e. The quantitative estimate of drug-likeness (QED) is 0.540. The molecule has 0 aliphatic rings. The third-order valence-corrected chi connectivity index (χ3v) is 3.02. The second kappa shape index (κ2) is 6.49. The van der Waals surface area contributed by atoms with E-state index >= 15 is 0 Å². The molecular formula is C13H20N2O4. The zero-order valence-corrected chi connectivity index (χ0v) is 11.1. The summed E-state index contributed by atoms with van der Waals surface area (Å²) in [7, 11) is 0. The van der Waals surface area contributed by atoms with Gasteiger partial charge in [0.15, 0.2) is 0 Å². The number of benzene rings is 1. The highest BCUT2D eigenvalue weighted by molar-refractivity contribution is 5.46. The van der Waals surface area contributed by atoms with E-state index in [1.165, 1.54) is 18.2 Å². The molecule has 6 nitrogen and oxygen atoms in total. The summed E-state index contributed by atoms with van der Waals surface area (Å²) in [5, 5.41) is 30.3. The minimum atomic E-state index is -0.883. The van der Waals surface area contributed by atoms with Crippen LogP contribution in [0.3, 0.4) is 0 Å². The lowest BCUT2D eigenvalue weighted by Crippen LogP contribution is -2.27. The Labute approximate surface area is 112 Å². The summed E-state index contributed by atoms with van der Waals surface area (Å²) in [6, 6.07) is 2.78. The standard InChI is InChI=1S/C13H20N2O4/c1-8(2)3-6-12(17)13(14)10-7-9(16)4-5-11(10)15(18)19/h4-5,7-8,12-13,16-17H,3,6,14H2,1-2H3/t12-,13+/m0/s1. The summed E-state index contributed by atoms with van der Waals surface area (Å²) in [6.07, 6.45) is 0.371. The van der Waals surface area contributed by atoms with Crippen LogP contribution in [0.1, 0.15) is 38.3 Å². The molecule has 2 atom stereocenters. The molecule has 0 spiro atoms. The molecule has 0 saturated heterocycles. The predicted octanol–water partition coefficient (Wildman–Crippen LogP) is 2.10. The van der Waals surface area contributed by atoms with Crippen molar-refractivity contribution in [3.8, 4) is 5.75 Å². The summed E-state index contributed by atoms with van der Waals surface area (Å²) >= 11 is 0. The summed E-state index contributed by atoms with van der Waals surface area (Å²) in [5.74, 6) is 0.313. The first-order valence-electron chi connectivity index (χ1n) is 6.24. The van der Waals surface area contributed by atoms with Crippen LogP contribution in [-0.4, -0.2) is 21.2 Å². The number of nitrogens with zero attached hydrogens (tertiary/aromatic N) is 1. The number of hydrogen-bond donors (Lipinski definition) is 3. The lowest BCUT2D eigenvalue weighted by atomic mass is 9.95. The molecule has 4 N–H and O–H groups in total. The molecule has 1 aromatic carbocycles. The van der Waals surface area contributed by atoms with Gasteiger partial charge in [0.05, 0.1) is 22.6 Å². The van der Waals surface area contributed by atoms with Crippen molar-refractivity contribution >= 4 is 5.69 Å². The maximum absolute atomic E-state index is 10.9. The van der Waals surface area contributed by atoms with Gasteiger partial charge >= 0.3 is 0 Å². The zero-order chi connectivity index (χ0) is 14.6. The van der Waals surface area contributed by atoms with Crippen molar-refractivity contribution in [2.75, 3.05) is 0 Å². The number of nitro benzene ring substituents is 1. The molecule has 0 aliphatic carbocycles. The van der Waals surface area contributed by atoms with Crippen LogP contribution in [0.2, 0.25) is 0 Å². The van der Waals surface area contributed by atoms with E-state index in [1.54, 1.807) is 0 Å². The third kappa shape index (κ3) is 4.18. The van der Waals surface area contributed by atoms with E-state index in [-0.39, 0.29) is 17.0 Å². The fraction of sp³-hybridized carbons (Fsp3) is 0.538. The number of phenols is 1. The predicted molar refractivity (Wildman–Crippen MR) is 71.8 cm³/mol. The normalized spacial score (nSPS) is 14.4. The van der Waals surface area contributed by atoms with E-state index in [4.69, 9.17) is 5.73 Å². The smallest absolute Gasteiger partial charge is 0.274 e. The van der Waals surface area contributed by atoms with Crippen molar-refractivity contribution in [3.05, 3.63) is 33.9 Å². The Hall–Kier alpha value is -1.66. The number of aromatic hydroxyl groups is 1. The van der Waals surface area contributed by atoms with Crippen LogP contribution in [0.15, 0.2) is 18.2 Å². The Morgan fingerprint density at radius 2 is 2.00 bits per heavy atom. The number of phenolic OH excluding ortho intramolecular Hbond substituents is 1. The summed E-state index contributed by atoms with van der Waals surface area (Å²) in [5.41, 5.74) is 5.83. The highest BCUT2D eigenvalue weighted by atomic mass is 16.6. The molecular weight excluding hydrogens is 248 g/mol. The van der Waals surface area contributed by atoms with Gasteiger partial charge in [-0.1, -0.05) is 13.8 Å². The molecule has 0 saturated carbocycles. The van der Waals surface area contributed by atoms with Crippen LogP contribution in [0.25, 0.3) is 0 Å². The molecule has 1 rings (SSSR count). The van der Waals surface area contributed by atoms with E-state index in [9.17, 15) is 20.3 Å². The molecule has 106 valence electrons. The van der Waals surface area contributed by atoms with Gasteiger partial charge in [0.1, 0.15) is 5.75 Å². The average molecular weight is 268 g/mol. The highest BCUT2D eigenvalue weighted by Crippen LogP contribution is 2.30. The Kier molecular flexibility index (Phi) is 5.26. The van der Waals surface area contributed by atoms with E-state index in [0.29, 0.717) is 12.3 Å². The van der Waals surface area contributed by atoms with Crippen molar-refractivity contribution in [1.82, 2.24) is 0 Å². The molecule has 0 aliphatic heterocycles. The first-order chi connectivity index (χ1) is 8.82. The molecule has 6 heteroatoms. The lowest BCUT2D eigenvalue weighted by Gasteiger charge is -2.20. The minimum absolute atomic E-state index is 0.105. The second-order valence-corrected chi connectivity index (χ2v) is 5.06. The molecule has 0 unspecified atom stereocenters. The third-order valence-electron chi connectivity index (χ3n) is 3.02. The monoisotopic (exact) mass is 268 g/mol. The number of hydrogen-bond acceptors (Lipinski definition) is 5. The van der Waals surface area contributed by atoms with Gasteiger partial charge in [-0.05, 0) is 30.9 Å². The summed E-state index contributed by atoms with van der Waals surface area (Å²) in [4.78, 5) is 10.3. The lowest BCUT2D eigenvalue weighted by molar-refractivity contribution is -0.385. The second-order valence-electron chi connectivity index (χ2n) is 5.06. The summed E-state index contributed by atoms with van der Waals surface area (Å²) < 4.78 is 0. The number of rotatable bonds is 6. The van der Waals surface area contributed by atoms with E-state index < -0.39 is 17.1 Å². The van der Waals surface area contributed by atoms with E-state index in [1.807, 2.05) is 13.8 Å². The first kappa shape index (κ1) is 15.4. The van der Waals surface area contributed by atoms with Gasteiger partial charge in [-0.2, -0.15) is 0 Å². The van der Waals surface area contributed by atoms with Gasteiger partial charge in [-0.3, -0.25) is 10.1 Å². The Morgan fingerprint density at radius 3 is 2.53 bits per heavy atom. The Balaban J connectivity index is 2.94. The maximum Gasteiger partial charge on any atom is 0.274 e. The van der Waals surface area contributed by atoms with Crippen LogP contribution in [0, 0.1) is 16.0 Å². The van der Waals surface area contributed by atoms with Gasteiger partial charge < -0.3 is 15.9 Å². The molecule has 1 aromatic rings. The van der Waals surface area contributed by atoms with Crippen LogP contribution >= 0.6 is 0 Å².